The van der Waals surface area contributed by atoms with E-state index in [-0.39, 0.29) is 18.3 Å². The van der Waals surface area contributed by atoms with Gasteiger partial charge < -0.3 is 14.2 Å². The van der Waals surface area contributed by atoms with Crippen molar-refractivity contribution in [2.75, 3.05) is 19.6 Å². The van der Waals surface area contributed by atoms with Gasteiger partial charge >= 0.3 is 7.12 Å². The van der Waals surface area contributed by atoms with Crippen molar-refractivity contribution in [1.29, 1.82) is 0 Å². The summed E-state index contributed by atoms with van der Waals surface area (Å²) < 4.78 is 12.2. The normalized spacial score (nSPS) is 23.6. The molecule has 2 fully saturated rings. The van der Waals surface area contributed by atoms with Crippen LogP contribution in [0.3, 0.4) is 0 Å². The van der Waals surface area contributed by atoms with Gasteiger partial charge in [0.05, 0.1) is 11.2 Å². The summed E-state index contributed by atoms with van der Waals surface area (Å²) in [6.07, 6.45) is 6.57. The molecule has 24 heavy (non-hydrogen) atoms. The molecule has 0 atom stereocenters. The number of piperidine rings is 1. The van der Waals surface area contributed by atoms with Crippen LogP contribution in [-0.2, 0) is 15.7 Å². The van der Waals surface area contributed by atoms with Gasteiger partial charge in [-0.1, -0.05) is 30.7 Å². The summed E-state index contributed by atoms with van der Waals surface area (Å²) >= 11 is 0. The molecule has 0 spiro atoms. The number of likely N-dealkylation sites (tertiary alicyclic amines) is 1. The summed E-state index contributed by atoms with van der Waals surface area (Å²) in [5, 5.41) is 0. The van der Waals surface area contributed by atoms with Gasteiger partial charge in [-0.25, -0.2) is 0 Å². The molecule has 0 aromatic heterocycles. The summed E-state index contributed by atoms with van der Waals surface area (Å²) in [4.78, 5) is 2.61. The van der Waals surface area contributed by atoms with Crippen molar-refractivity contribution >= 4 is 12.6 Å². The second-order valence-electron chi connectivity index (χ2n) is 8.34. The van der Waals surface area contributed by atoms with Crippen molar-refractivity contribution in [3.8, 4) is 0 Å². The highest BCUT2D eigenvalue weighted by molar-refractivity contribution is 6.62. The Hall–Kier alpha value is -0.835. The number of rotatable bonds is 5. The highest BCUT2D eigenvalue weighted by Gasteiger charge is 2.51. The van der Waals surface area contributed by atoms with Crippen LogP contribution in [0.15, 0.2) is 24.3 Å². The van der Waals surface area contributed by atoms with Gasteiger partial charge in [0.1, 0.15) is 0 Å². The van der Waals surface area contributed by atoms with Crippen LogP contribution in [0.4, 0.5) is 0 Å². The molecule has 0 radical (unpaired) electrons. The molecule has 2 aliphatic heterocycles. The average Bonchev–Trinajstić information content (AvgIpc) is 2.77. The summed E-state index contributed by atoms with van der Waals surface area (Å²) in [6.45, 7) is 12.2. The highest BCUT2D eigenvalue weighted by Crippen LogP contribution is 2.36. The zero-order valence-electron chi connectivity index (χ0n) is 15.8. The van der Waals surface area contributed by atoms with Gasteiger partial charge in [0, 0.05) is 0 Å². The molecule has 0 amide bonds. The van der Waals surface area contributed by atoms with Crippen LogP contribution >= 0.6 is 0 Å². The zero-order valence-corrected chi connectivity index (χ0v) is 15.8. The molecular formula is C20H32BNO2. The van der Waals surface area contributed by atoms with E-state index < -0.39 is 0 Å². The molecule has 2 saturated heterocycles. The maximum atomic E-state index is 6.12. The Morgan fingerprint density at radius 1 is 0.917 bits per heavy atom. The van der Waals surface area contributed by atoms with E-state index in [0.29, 0.717) is 0 Å². The second kappa shape index (κ2) is 7.19. The van der Waals surface area contributed by atoms with Crippen molar-refractivity contribution < 1.29 is 9.31 Å². The van der Waals surface area contributed by atoms with Crippen LogP contribution in [0.25, 0.3) is 0 Å². The van der Waals surface area contributed by atoms with E-state index in [1.165, 1.54) is 50.9 Å². The Morgan fingerprint density at radius 2 is 1.50 bits per heavy atom. The quantitative estimate of drug-likeness (QED) is 0.773. The molecule has 2 aliphatic rings. The summed E-state index contributed by atoms with van der Waals surface area (Å²) in [5.74, 6) is 0. The number of hydrogen-bond acceptors (Lipinski definition) is 3. The molecular weight excluding hydrogens is 297 g/mol. The van der Waals surface area contributed by atoms with Crippen molar-refractivity contribution in [1.82, 2.24) is 4.90 Å². The highest BCUT2D eigenvalue weighted by atomic mass is 16.7. The molecule has 0 N–H and O–H groups in total. The lowest BCUT2D eigenvalue weighted by atomic mass is 9.78. The van der Waals surface area contributed by atoms with Crippen molar-refractivity contribution in [2.45, 2.75) is 71.0 Å². The number of nitrogens with zero attached hydrogens (tertiary/aromatic N) is 1. The molecule has 3 nitrogen and oxygen atoms in total. The average molecular weight is 329 g/mol. The minimum Gasteiger partial charge on any atom is -0.399 e. The Labute approximate surface area is 147 Å². The molecule has 0 unspecified atom stereocenters. The number of aryl methyl sites for hydroxylation is 1. The molecule has 2 heterocycles. The van der Waals surface area contributed by atoms with Gasteiger partial charge in [0.25, 0.3) is 0 Å². The molecule has 0 aliphatic carbocycles. The van der Waals surface area contributed by atoms with Gasteiger partial charge in [-0.15, -0.1) is 0 Å². The summed E-state index contributed by atoms with van der Waals surface area (Å²) in [7, 11) is -0.252. The molecule has 4 heteroatoms. The topological polar surface area (TPSA) is 21.7 Å². The lowest BCUT2D eigenvalue weighted by Crippen LogP contribution is -2.41. The third-order valence-electron chi connectivity index (χ3n) is 5.89. The predicted molar refractivity (Wildman–Crippen MR) is 101 cm³/mol. The molecule has 1 aromatic rings. The van der Waals surface area contributed by atoms with Crippen LogP contribution in [0.5, 0.6) is 0 Å². The van der Waals surface area contributed by atoms with Crippen LogP contribution < -0.4 is 5.46 Å². The van der Waals surface area contributed by atoms with E-state index >= 15 is 0 Å². The minimum atomic E-state index is -0.273. The maximum absolute atomic E-state index is 6.12. The standard InChI is InChI=1S/C20H32BNO2/c1-19(2)20(3,4)24-21(23-19)18-12-10-17(11-13-18)9-8-16-22-14-6-5-7-15-22/h10-13H,5-9,14-16H2,1-4H3. The first-order chi connectivity index (χ1) is 11.4. The monoisotopic (exact) mass is 329 g/mol. The fraction of sp³-hybridized carbons (Fsp3) is 0.700. The van der Waals surface area contributed by atoms with Crippen LogP contribution in [0.2, 0.25) is 0 Å². The van der Waals surface area contributed by atoms with E-state index in [2.05, 4.69) is 56.9 Å². The third kappa shape index (κ3) is 4.04. The zero-order chi connectivity index (χ0) is 17.2. The van der Waals surface area contributed by atoms with E-state index in [1.807, 2.05) is 0 Å². The van der Waals surface area contributed by atoms with Gasteiger partial charge in [0.15, 0.2) is 0 Å². The van der Waals surface area contributed by atoms with E-state index in [4.69, 9.17) is 9.31 Å². The lowest BCUT2D eigenvalue weighted by molar-refractivity contribution is 0.00578. The SMILES string of the molecule is CC1(C)OB(c2ccc(CCCN3CCCCC3)cc2)OC1(C)C. The summed E-state index contributed by atoms with van der Waals surface area (Å²) in [5.41, 5.74) is 1.98. The van der Waals surface area contributed by atoms with Crippen molar-refractivity contribution in [2.24, 2.45) is 0 Å². The van der Waals surface area contributed by atoms with Crippen LogP contribution in [0, 0.1) is 0 Å². The van der Waals surface area contributed by atoms with E-state index in [0.717, 1.165) is 11.9 Å². The second-order valence-corrected chi connectivity index (χ2v) is 8.34. The molecule has 3 rings (SSSR count). The maximum Gasteiger partial charge on any atom is 0.494 e. The Balaban J connectivity index is 1.50. The first-order valence-electron chi connectivity index (χ1n) is 9.54. The van der Waals surface area contributed by atoms with Gasteiger partial charge in [0.2, 0.25) is 0 Å². The molecule has 132 valence electrons. The van der Waals surface area contributed by atoms with Crippen molar-refractivity contribution in [3.05, 3.63) is 29.8 Å². The van der Waals surface area contributed by atoms with Gasteiger partial charge in [-0.2, -0.15) is 0 Å². The molecule has 1 aromatic carbocycles. The molecule has 0 saturated carbocycles. The Kier molecular flexibility index (Phi) is 5.38. The third-order valence-corrected chi connectivity index (χ3v) is 5.89. The van der Waals surface area contributed by atoms with E-state index in [1.54, 1.807) is 0 Å². The lowest BCUT2D eigenvalue weighted by Gasteiger charge is -2.32. The van der Waals surface area contributed by atoms with Crippen LogP contribution in [-0.4, -0.2) is 42.9 Å². The molecule has 0 bridgehead atoms. The number of hydrogen-bond donors (Lipinski definition) is 0. The predicted octanol–water partition coefficient (Wildman–Crippen LogP) is 3.40. The smallest absolute Gasteiger partial charge is 0.399 e. The minimum absolute atomic E-state index is 0.252. The van der Waals surface area contributed by atoms with Gasteiger partial charge in [-0.3, -0.25) is 0 Å². The Bertz CT molecular complexity index is 519. The largest absolute Gasteiger partial charge is 0.494 e. The fourth-order valence-electron chi connectivity index (χ4n) is 3.51. The first kappa shape index (κ1) is 18.0. The van der Waals surface area contributed by atoms with Crippen molar-refractivity contribution in [3.63, 3.8) is 0 Å². The van der Waals surface area contributed by atoms with E-state index in [9.17, 15) is 0 Å². The fourth-order valence-corrected chi connectivity index (χ4v) is 3.51. The first-order valence-corrected chi connectivity index (χ1v) is 9.54. The number of benzene rings is 1. The van der Waals surface area contributed by atoms with Crippen LogP contribution in [0.1, 0.15) is 58.9 Å². The summed E-state index contributed by atoms with van der Waals surface area (Å²) in [6, 6.07) is 8.80. The van der Waals surface area contributed by atoms with Gasteiger partial charge in [-0.05, 0) is 84.0 Å². The Morgan fingerprint density at radius 3 is 2.08 bits per heavy atom.